The molecule has 9 heteroatoms. The van der Waals surface area contributed by atoms with E-state index in [0.717, 1.165) is 6.42 Å². The van der Waals surface area contributed by atoms with Crippen molar-refractivity contribution in [1.82, 2.24) is 15.5 Å². The lowest BCUT2D eigenvalue weighted by Gasteiger charge is -2.15. The van der Waals surface area contributed by atoms with Crippen LogP contribution >= 0.6 is 0 Å². The monoisotopic (exact) mass is 360 g/mol. The number of hydrogen-bond acceptors (Lipinski definition) is 3. The third-order valence-electron chi connectivity index (χ3n) is 3.05. The first-order valence-corrected chi connectivity index (χ1v) is 7.79. The van der Waals surface area contributed by atoms with Crippen LogP contribution in [0.1, 0.15) is 18.9 Å². The second-order valence-corrected chi connectivity index (χ2v) is 5.39. The molecule has 0 atom stereocenters. The SMILES string of the molecule is CCCNC(=NCc1ccccc1OC(F)(F)F)NCC(=O)N(C)C. The Labute approximate surface area is 145 Å². The molecule has 0 heterocycles. The highest BCUT2D eigenvalue weighted by atomic mass is 19.4. The fourth-order valence-corrected chi connectivity index (χ4v) is 1.76. The number of hydrogen-bond donors (Lipinski definition) is 2. The van der Waals surface area contributed by atoms with Gasteiger partial charge in [-0.25, -0.2) is 4.99 Å². The van der Waals surface area contributed by atoms with Crippen molar-refractivity contribution in [3.05, 3.63) is 29.8 Å². The van der Waals surface area contributed by atoms with Gasteiger partial charge in [0.15, 0.2) is 5.96 Å². The summed E-state index contributed by atoms with van der Waals surface area (Å²) >= 11 is 0. The lowest BCUT2D eigenvalue weighted by molar-refractivity contribution is -0.274. The molecule has 0 saturated carbocycles. The number of carbonyl (C=O) groups is 1. The highest BCUT2D eigenvalue weighted by Crippen LogP contribution is 2.26. The van der Waals surface area contributed by atoms with Crippen LogP contribution in [0, 0.1) is 0 Å². The number of carbonyl (C=O) groups excluding carboxylic acids is 1. The molecule has 0 radical (unpaired) electrons. The summed E-state index contributed by atoms with van der Waals surface area (Å²) in [6, 6.07) is 5.81. The number of guanidine groups is 1. The zero-order chi connectivity index (χ0) is 18.9. The van der Waals surface area contributed by atoms with Gasteiger partial charge in [0.1, 0.15) is 5.75 Å². The van der Waals surface area contributed by atoms with Crippen LogP contribution < -0.4 is 15.4 Å². The van der Waals surface area contributed by atoms with Crippen molar-refractivity contribution in [3.8, 4) is 5.75 Å². The van der Waals surface area contributed by atoms with Gasteiger partial charge in [-0.15, -0.1) is 13.2 Å². The number of likely N-dealkylation sites (N-methyl/N-ethyl adjacent to an activating group) is 1. The fraction of sp³-hybridized carbons (Fsp3) is 0.500. The van der Waals surface area contributed by atoms with Gasteiger partial charge >= 0.3 is 6.36 Å². The van der Waals surface area contributed by atoms with E-state index in [0.29, 0.717) is 12.5 Å². The average Bonchev–Trinajstić information content (AvgIpc) is 2.53. The third-order valence-corrected chi connectivity index (χ3v) is 3.05. The summed E-state index contributed by atoms with van der Waals surface area (Å²) in [5.74, 6) is -0.0939. The molecule has 1 aromatic rings. The van der Waals surface area contributed by atoms with Crippen LogP contribution in [-0.2, 0) is 11.3 Å². The van der Waals surface area contributed by atoms with Gasteiger partial charge in [0.2, 0.25) is 5.91 Å². The molecule has 0 aliphatic heterocycles. The molecule has 0 aliphatic rings. The van der Waals surface area contributed by atoms with Gasteiger partial charge in [0.05, 0.1) is 13.1 Å². The zero-order valence-electron chi connectivity index (χ0n) is 14.5. The molecule has 2 N–H and O–H groups in total. The van der Waals surface area contributed by atoms with Gasteiger partial charge < -0.3 is 20.3 Å². The van der Waals surface area contributed by atoms with Crippen LogP contribution in [0.4, 0.5) is 13.2 Å². The molecule has 0 bridgehead atoms. The summed E-state index contributed by atoms with van der Waals surface area (Å²) in [6.45, 7) is 2.58. The first-order valence-electron chi connectivity index (χ1n) is 7.79. The molecular formula is C16H23F3N4O2. The van der Waals surface area contributed by atoms with Gasteiger partial charge in [-0.1, -0.05) is 25.1 Å². The number of ether oxygens (including phenoxy) is 1. The standard InChI is InChI=1S/C16H23F3N4O2/c1-4-9-20-15(22-11-14(24)23(2)3)21-10-12-7-5-6-8-13(12)25-16(17,18)19/h5-8H,4,9-11H2,1-3H3,(H2,20,21,22). The number of aliphatic imine (C=N–C) groups is 1. The van der Waals surface area contributed by atoms with E-state index in [-0.39, 0.29) is 30.3 Å². The van der Waals surface area contributed by atoms with Crippen molar-refractivity contribution in [2.24, 2.45) is 4.99 Å². The molecule has 0 fully saturated rings. The summed E-state index contributed by atoms with van der Waals surface area (Å²) in [7, 11) is 3.26. The minimum atomic E-state index is -4.76. The van der Waals surface area contributed by atoms with E-state index in [1.807, 2.05) is 6.92 Å². The maximum Gasteiger partial charge on any atom is 0.573 e. The Bertz CT molecular complexity index is 589. The van der Waals surface area contributed by atoms with E-state index in [1.54, 1.807) is 20.2 Å². The van der Waals surface area contributed by atoms with Gasteiger partial charge in [-0.05, 0) is 12.5 Å². The number of nitrogens with one attached hydrogen (secondary N) is 2. The van der Waals surface area contributed by atoms with Crippen LogP contribution in [0.15, 0.2) is 29.3 Å². The first-order chi connectivity index (χ1) is 11.7. The molecule has 1 aromatic carbocycles. The summed E-state index contributed by atoms with van der Waals surface area (Å²) in [4.78, 5) is 17.3. The van der Waals surface area contributed by atoms with Gasteiger partial charge in [0.25, 0.3) is 0 Å². The lowest BCUT2D eigenvalue weighted by Crippen LogP contribution is -2.43. The highest BCUT2D eigenvalue weighted by Gasteiger charge is 2.31. The van der Waals surface area contributed by atoms with E-state index in [4.69, 9.17) is 0 Å². The van der Waals surface area contributed by atoms with Crippen LogP contribution in [0.5, 0.6) is 5.75 Å². The Hall–Kier alpha value is -2.45. The van der Waals surface area contributed by atoms with Gasteiger partial charge in [0, 0.05) is 26.2 Å². The molecule has 0 saturated heterocycles. The van der Waals surface area contributed by atoms with Gasteiger partial charge in [-0.3, -0.25) is 4.79 Å². The summed E-state index contributed by atoms with van der Waals surface area (Å²) in [5, 5.41) is 5.87. The Kier molecular flexibility index (Phi) is 8.03. The third kappa shape index (κ3) is 8.27. The molecule has 140 valence electrons. The normalized spacial score (nSPS) is 11.8. The van der Waals surface area contributed by atoms with Crippen LogP contribution in [-0.4, -0.2) is 50.3 Å². The number of nitrogens with zero attached hydrogens (tertiary/aromatic N) is 2. The quantitative estimate of drug-likeness (QED) is 0.577. The molecular weight excluding hydrogens is 337 g/mol. The predicted octanol–water partition coefficient (Wildman–Crippen LogP) is 2.12. The second kappa shape index (κ2) is 9.75. The zero-order valence-corrected chi connectivity index (χ0v) is 14.5. The predicted molar refractivity (Wildman–Crippen MR) is 89.3 cm³/mol. The number of benzene rings is 1. The summed E-state index contributed by atoms with van der Waals surface area (Å²) in [5.41, 5.74) is 0.288. The average molecular weight is 360 g/mol. The minimum Gasteiger partial charge on any atom is -0.405 e. The second-order valence-electron chi connectivity index (χ2n) is 5.39. The van der Waals surface area contributed by atoms with Crippen molar-refractivity contribution in [3.63, 3.8) is 0 Å². The molecule has 6 nitrogen and oxygen atoms in total. The smallest absolute Gasteiger partial charge is 0.405 e. The minimum absolute atomic E-state index is 0.0263. The van der Waals surface area contributed by atoms with Crippen LogP contribution in [0.2, 0.25) is 0 Å². The van der Waals surface area contributed by atoms with E-state index in [2.05, 4.69) is 20.4 Å². The molecule has 0 aromatic heterocycles. The summed E-state index contributed by atoms with van der Waals surface area (Å²) in [6.07, 6.45) is -3.93. The van der Waals surface area contributed by atoms with E-state index < -0.39 is 6.36 Å². The Morgan fingerprint density at radius 3 is 2.52 bits per heavy atom. The topological polar surface area (TPSA) is 66.0 Å². The molecule has 1 rings (SSSR count). The van der Waals surface area contributed by atoms with Crippen molar-refractivity contribution >= 4 is 11.9 Å². The first kappa shape index (κ1) is 20.6. The fourth-order valence-electron chi connectivity index (χ4n) is 1.76. The number of para-hydroxylation sites is 1. The maximum absolute atomic E-state index is 12.4. The Morgan fingerprint density at radius 2 is 1.92 bits per heavy atom. The Morgan fingerprint density at radius 1 is 1.24 bits per heavy atom. The number of rotatable bonds is 7. The molecule has 0 spiro atoms. The number of halogens is 3. The van der Waals surface area contributed by atoms with Crippen LogP contribution in [0.3, 0.4) is 0 Å². The van der Waals surface area contributed by atoms with Crippen molar-refractivity contribution < 1.29 is 22.7 Å². The number of alkyl halides is 3. The molecule has 1 amide bonds. The van der Waals surface area contributed by atoms with Crippen molar-refractivity contribution in [1.29, 1.82) is 0 Å². The van der Waals surface area contributed by atoms with Crippen molar-refractivity contribution in [2.45, 2.75) is 26.3 Å². The summed E-state index contributed by atoms with van der Waals surface area (Å²) < 4.78 is 41.3. The van der Waals surface area contributed by atoms with E-state index in [9.17, 15) is 18.0 Å². The van der Waals surface area contributed by atoms with E-state index >= 15 is 0 Å². The molecule has 0 unspecified atom stereocenters. The van der Waals surface area contributed by atoms with Crippen molar-refractivity contribution in [2.75, 3.05) is 27.2 Å². The lowest BCUT2D eigenvalue weighted by atomic mass is 10.2. The molecule has 25 heavy (non-hydrogen) atoms. The Balaban J connectivity index is 2.83. The van der Waals surface area contributed by atoms with Gasteiger partial charge in [-0.2, -0.15) is 0 Å². The maximum atomic E-state index is 12.4. The number of amides is 1. The molecule has 0 aliphatic carbocycles. The van der Waals surface area contributed by atoms with Crippen LogP contribution in [0.25, 0.3) is 0 Å². The largest absolute Gasteiger partial charge is 0.573 e. The highest BCUT2D eigenvalue weighted by molar-refractivity contribution is 5.86. The van der Waals surface area contributed by atoms with E-state index in [1.165, 1.54) is 23.1 Å².